The molecule has 0 saturated heterocycles. The lowest BCUT2D eigenvalue weighted by atomic mass is 10.1. The Kier molecular flexibility index (Phi) is 4.95. The molecular weight excluding hydrogens is 234 g/mol. The van der Waals surface area contributed by atoms with Gasteiger partial charge in [-0.1, -0.05) is 19.0 Å². The summed E-state index contributed by atoms with van der Waals surface area (Å²) in [6, 6.07) is 0. The molecule has 1 atom stereocenters. The largest absolute Gasteiger partial charge is 0.409 e. The summed E-state index contributed by atoms with van der Waals surface area (Å²) < 4.78 is 5.00. The van der Waals surface area contributed by atoms with Crippen LogP contribution in [0.1, 0.15) is 26.7 Å². The molecule has 18 heavy (non-hydrogen) atoms. The van der Waals surface area contributed by atoms with Crippen molar-refractivity contribution in [2.24, 2.45) is 22.2 Å². The molecule has 6 heteroatoms. The van der Waals surface area contributed by atoms with Crippen LogP contribution in [0.4, 0.5) is 0 Å². The maximum atomic E-state index is 12.3. The van der Waals surface area contributed by atoms with E-state index in [1.165, 1.54) is 0 Å². The molecule has 0 radical (unpaired) electrons. The summed E-state index contributed by atoms with van der Waals surface area (Å²) in [6.45, 7) is 5.68. The molecule has 0 aromatic carbocycles. The zero-order valence-corrected chi connectivity index (χ0v) is 11.3. The molecular formula is C12H23N3O3. The average Bonchev–Trinajstić information content (AvgIpc) is 2.97. The number of carbonyl (C=O) groups is 1. The van der Waals surface area contributed by atoms with E-state index in [1.54, 1.807) is 12.0 Å². The van der Waals surface area contributed by atoms with Gasteiger partial charge in [0, 0.05) is 32.5 Å². The Morgan fingerprint density at radius 3 is 2.61 bits per heavy atom. The summed E-state index contributed by atoms with van der Waals surface area (Å²) in [4.78, 5) is 14.0. The van der Waals surface area contributed by atoms with Crippen LogP contribution < -0.4 is 5.73 Å². The van der Waals surface area contributed by atoms with Crippen molar-refractivity contribution in [2.45, 2.75) is 26.7 Å². The lowest BCUT2D eigenvalue weighted by Crippen LogP contribution is -2.38. The highest BCUT2D eigenvalue weighted by atomic mass is 16.5. The van der Waals surface area contributed by atoms with Crippen molar-refractivity contribution in [3.05, 3.63) is 0 Å². The van der Waals surface area contributed by atoms with Gasteiger partial charge in [-0.25, -0.2) is 0 Å². The number of carbonyl (C=O) groups excluding carboxylic acids is 1. The van der Waals surface area contributed by atoms with Gasteiger partial charge in [-0.2, -0.15) is 0 Å². The second kappa shape index (κ2) is 6.04. The minimum Gasteiger partial charge on any atom is -0.409 e. The quantitative estimate of drug-likeness (QED) is 0.303. The van der Waals surface area contributed by atoms with E-state index in [1.807, 2.05) is 0 Å². The number of oxime groups is 1. The first-order chi connectivity index (χ1) is 8.42. The molecule has 104 valence electrons. The Bertz CT molecular complexity index is 329. The normalized spacial score (nSPS) is 21.7. The topological polar surface area (TPSA) is 88.2 Å². The van der Waals surface area contributed by atoms with Gasteiger partial charge in [-0.15, -0.1) is 0 Å². The second-order valence-corrected chi connectivity index (χ2v) is 5.40. The molecule has 0 heterocycles. The highest BCUT2D eigenvalue weighted by Crippen LogP contribution is 2.52. The van der Waals surface area contributed by atoms with E-state index in [0.717, 1.165) is 6.42 Å². The fourth-order valence-electron chi connectivity index (χ4n) is 1.94. The number of rotatable bonds is 7. The molecule has 1 rings (SSSR count). The Morgan fingerprint density at radius 1 is 1.56 bits per heavy atom. The number of amides is 1. The number of ether oxygens (including phenoxy) is 1. The molecule has 0 aliphatic heterocycles. The summed E-state index contributed by atoms with van der Waals surface area (Å²) in [7, 11) is 1.60. The van der Waals surface area contributed by atoms with Gasteiger partial charge in [-0.3, -0.25) is 4.79 Å². The molecule has 6 nitrogen and oxygen atoms in total. The third-order valence-corrected chi connectivity index (χ3v) is 3.45. The fourth-order valence-corrected chi connectivity index (χ4v) is 1.94. The van der Waals surface area contributed by atoms with Crippen LogP contribution in [-0.4, -0.2) is 48.7 Å². The number of nitrogens with zero attached hydrogens (tertiary/aromatic N) is 2. The van der Waals surface area contributed by atoms with Gasteiger partial charge in [0.2, 0.25) is 5.91 Å². The Balaban J connectivity index is 2.52. The summed E-state index contributed by atoms with van der Waals surface area (Å²) in [6.07, 6.45) is 1.30. The number of hydrogen-bond donors (Lipinski definition) is 2. The van der Waals surface area contributed by atoms with Crippen LogP contribution >= 0.6 is 0 Å². The molecule has 1 aliphatic rings. The van der Waals surface area contributed by atoms with Crippen LogP contribution in [0.15, 0.2) is 5.16 Å². The summed E-state index contributed by atoms with van der Waals surface area (Å²) >= 11 is 0. The van der Waals surface area contributed by atoms with Crippen LogP contribution in [0, 0.1) is 11.3 Å². The zero-order chi connectivity index (χ0) is 13.8. The Morgan fingerprint density at radius 2 is 2.17 bits per heavy atom. The van der Waals surface area contributed by atoms with Crippen molar-refractivity contribution in [1.29, 1.82) is 0 Å². The molecule has 0 bridgehead atoms. The van der Waals surface area contributed by atoms with Gasteiger partial charge in [0.15, 0.2) is 0 Å². The van der Waals surface area contributed by atoms with Crippen molar-refractivity contribution in [3.63, 3.8) is 0 Å². The molecule has 1 amide bonds. The smallest absolute Gasteiger partial charge is 0.226 e. The van der Waals surface area contributed by atoms with E-state index in [-0.39, 0.29) is 23.1 Å². The molecule has 1 saturated carbocycles. The maximum Gasteiger partial charge on any atom is 0.226 e. The van der Waals surface area contributed by atoms with Crippen LogP contribution in [0.25, 0.3) is 0 Å². The van der Waals surface area contributed by atoms with Crippen molar-refractivity contribution in [2.75, 3.05) is 26.8 Å². The van der Waals surface area contributed by atoms with E-state index in [9.17, 15) is 4.79 Å². The lowest BCUT2D eigenvalue weighted by molar-refractivity contribution is -0.133. The van der Waals surface area contributed by atoms with E-state index in [2.05, 4.69) is 19.0 Å². The Hall–Kier alpha value is -1.30. The number of hydrogen-bond acceptors (Lipinski definition) is 4. The maximum absolute atomic E-state index is 12.3. The van der Waals surface area contributed by atoms with E-state index in [0.29, 0.717) is 26.1 Å². The lowest BCUT2D eigenvalue weighted by Gasteiger charge is -2.23. The predicted molar refractivity (Wildman–Crippen MR) is 68.4 cm³/mol. The summed E-state index contributed by atoms with van der Waals surface area (Å²) in [5, 5.41) is 11.4. The summed E-state index contributed by atoms with van der Waals surface area (Å²) in [5.74, 6) is 0.379. The molecule has 1 fully saturated rings. The number of methoxy groups -OCH3 is 1. The van der Waals surface area contributed by atoms with Crippen molar-refractivity contribution in [1.82, 2.24) is 4.90 Å². The van der Waals surface area contributed by atoms with E-state index in [4.69, 9.17) is 15.7 Å². The van der Waals surface area contributed by atoms with Gasteiger partial charge >= 0.3 is 0 Å². The van der Waals surface area contributed by atoms with Crippen LogP contribution in [0.2, 0.25) is 0 Å². The highest BCUT2D eigenvalue weighted by molar-refractivity contribution is 5.84. The second-order valence-electron chi connectivity index (χ2n) is 5.40. The van der Waals surface area contributed by atoms with Gasteiger partial charge in [-0.05, 0) is 11.8 Å². The fraction of sp³-hybridized carbons (Fsp3) is 0.833. The number of amidine groups is 1. The minimum atomic E-state index is 0.0987. The average molecular weight is 257 g/mol. The monoisotopic (exact) mass is 257 g/mol. The highest BCUT2D eigenvalue weighted by Gasteiger charge is 2.51. The minimum absolute atomic E-state index is 0.0987. The molecule has 3 N–H and O–H groups in total. The third-order valence-electron chi connectivity index (χ3n) is 3.45. The van der Waals surface area contributed by atoms with Crippen molar-refractivity contribution in [3.8, 4) is 0 Å². The van der Waals surface area contributed by atoms with Crippen LogP contribution in [0.5, 0.6) is 0 Å². The first kappa shape index (κ1) is 14.8. The van der Waals surface area contributed by atoms with Gasteiger partial charge in [0.1, 0.15) is 5.84 Å². The van der Waals surface area contributed by atoms with E-state index < -0.39 is 0 Å². The molecule has 0 aromatic rings. The van der Waals surface area contributed by atoms with Crippen molar-refractivity contribution >= 4 is 11.7 Å². The van der Waals surface area contributed by atoms with E-state index >= 15 is 0 Å². The zero-order valence-electron chi connectivity index (χ0n) is 11.3. The third kappa shape index (κ3) is 3.87. The standard InChI is InChI=1S/C12H23N3O3/c1-12(2)8-9(12)11(16)15(6-7-18-3)5-4-10(13)14-17/h9,17H,4-8H2,1-3H3,(H2,13,14). The van der Waals surface area contributed by atoms with Crippen molar-refractivity contribution < 1.29 is 14.7 Å². The summed E-state index contributed by atoms with van der Waals surface area (Å²) in [5.41, 5.74) is 5.54. The van der Waals surface area contributed by atoms with Gasteiger partial charge < -0.3 is 20.6 Å². The SMILES string of the molecule is COCCN(CCC(N)=NO)C(=O)C1CC1(C)C. The van der Waals surface area contributed by atoms with Gasteiger partial charge in [0.05, 0.1) is 6.61 Å². The molecule has 0 spiro atoms. The van der Waals surface area contributed by atoms with Crippen LogP contribution in [-0.2, 0) is 9.53 Å². The molecule has 1 unspecified atom stereocenters. The Labute approximate surface area is 108 Å². The molecule has 0 aromatic heterocycles. The first-order valence-electron chi connectivity index (χ1n) is 6.16. The van der Waals surface area contributed by atoms with Gasteiger partial charge in [0.25, 0.3) is 0 Å². The molecule has 1 aliphatic carbocycles. The number of nitrogens with two attached hydrogens (primary N) is 1. The predicted octanol–water partition coefficient (Wildman–Crippen LogP) is 0.644. The first-order valence-corrected chi connectivity index (χ1v) is 6.16. The van der Waals surface area contributed by atoms with Crippen LogP contribution in [0.3, 0.4) is 0 Å².